The van der Waals surface area contributed by atoms with Crippen molar-refractivity contribution in [3.8, 4) is 11.1 Å². The highest BCUT2D eigenvalue weighted by molar-refractivity contribution is 7.25. The Kier molecular flexibility index (Phi) is 5.44. The zero-order valence-electron chi connectivity index (χ0n) is 22.5. The SMILES string of the molecule is CC(C)(O)C(C)(C)OBc1c(-c2ccc3sc4ccccc4c3c2)ccc2oc3cc4ccccc4cc3c12. The van der Waals surface area contributed by atoms with Crippen molar-refractivity contribution in [1.82, 2.24) is 0 Å². The van der Waals surface area contributed by atoms with Gasteiger partial charge in [-0.25, -0.2) is 0 Å². The average molecular weight is 528 g/mol. The van der Waals surface area contributed by atoms with Gasteiger partial charge in [-0.05, 0) is 91.5 Å². The predicted molar refractivity (Wildman–Crippen MR) is 168 cm³/mol. The van der Waals surface area contributed by atoms with E-state index in [2.05, 4.69) is 91.0 Å². The molecule has 0 radical (unpaired) electrons. The minimum atomic E-state index is -1.01. The van der Waals surface area contributed by atoms with Gasteiger partial charge in [-0.3, -0.25) is 0 Å². The lowest BCUT2D eigenvalue weighted by molar-refractivity contribution is -0.0892. The second kappa shape index (κ2) is 8.69. The molecule has 3 nitrogen and oxygen atoms in total. The van der Waals surface area contributed by atoms with Crippen molar-refractivity contribution < 1.29 is 14.2 Å². The molecule has 0 amide bonds. The molecule has 0 unspecified atom stereocenters. The van der Waals surface area contributed by atoms with E-state index in [1.54, 1.807) is 13.8 Å². The van der Waals surface area contributed by atoms with E-state index in [1.807, 2.05) is 25.2 Å². The normalized spacial score (nSPS) is 12.8. The Morgan fingerprint density at radius 3 is 2.23 bits per heavy atom. The van der Waals surface area contributed by atoms with Gasteiger partial charge in [0.2, 0.25) is 0 Å². The molecular formula is C34H29BO3S. The van der Waals surface area contributed by atoms with Crippen molar-refractivity contribution in [3.63, 3.8) is 0 Å². The van der Waals surface area contributed by atoms with Crippen LogP contribution in [0, 0.1) is 0 Å². The van der Waals surface area contributed by atoms with Crippen LogP contribution in [0.5, 0.6) is 0 Å². The van der Waals surface area contributed by atoms with Crippen molar-refractivity contribution in [2.24, 2.45) is 0 Å². The summed E-state index contributed by atoms with van der Waals surface area (Å²) in [7, 11) is 0.341. The van der Waals surface area contributed by atoms with Gasteiger partial charge in [0.05, 0.1) is 11.2 Å². The number of thiophene rings is 1. The van der Waals surface area contributed by atoms with E-state index >= 15 is 0 Å². The highest BCUT2D eigenvalue weighted by atomic mass is 32.1. The molecule has 1 N–H and O–H groups in total. The van der Waals surface area contributed by atoms with Gasteiger partial charge in [-0.1, -0.05) is 54.6 Å². The lowest BCUT2D eigenvalue weighted by Gasteiger charge is -2.37. The first kappa shape index (κ1) is 24.4. The summed E-state index contributed by atoms with van der Waals surface area (Å²) < 4.78 is 15.5. The van der Waals surface area contributed by atoms with E-state index in [4.69, 9.17) is 9.07 Å². The van der Waals surface area contributed by atoms with Gasteiger partial charge in [0.15, 0.2) is 0 Å². The zero-order chi connectivity index (χ0) is 26.9. The van der Waals surface area contributed by atoms with Gasteiger partial charge in [0, 0.05) is 30.9 Å². The van der Waals surface area contributed by atoms with Crippen molar-refractivity contribution in [2.75, 3.05) is 0 Å². The Hall–Kier alpha value is -3.64. The molecule has 0 aliphatic rings. The van der Waals surface area contributed by atoms with Crippen LogP contribution in [-0.2, 0) is 4.65 Å². The molecule has 0 fully saturated rings. The number of hydrogen-bond acceptors (Lipinski definition) is 4. The largest absolute Gasteiger partial charge is 0.456 e. The second-order valence-electron chi connectivity index (χ2n) is 11.4. The first-order valence-corrected chi connectivity index (χ1v) is 14.2. The van der Waals surface area contributed by atoms with Crippen molar-refractivity contribution >= 4 is 77.2 Å². The molecule has 0 bridgehead atoms. The number of rotatable bonds is 5. The summed E-state index contributed by atoms with van der Waals surface area (Å²) >= 11 is 1.83. The van der Waals surface area contributed by atoms with Crippen LogP contribution < -0.4 is 5.46 Å². The fourth-order valence-corrected chi connectivity index (χ4v) is 6.45. The van der Waals surface area contributed by atoms with E-state index < -0.39 is 11.2 Å². The lowest BCUT2D eigenvalue weighted by Crippen LogP contribution is -2.49. The molecule has 0 aliphatic heterocycles. The van der Waals surface area contributed by atoms with Crippen LogP contribution in [0.15, 0.2) is 95.4 Å². The molecule has 7 aromatic rings. The summed E-state index contributed by atoms with van der Waals surface area (Å²) in [6.07, 6.45) is 0. The third-order valence-electron chi connectivity index (χ3n) is 8.35. The summed E-state index contributed by atoms with van der Waals surface area (Å²) in [5.74, 6) is 0. The molecule has 0 aliphatic carbocycles. The molecule has 0 spiro atoms. The molecule has 2 heterocycles. The van der Waals surface area contributed by atoms with Crippen molar-refractivity contribution in [1.29, 1.82) is 0 Å². The quantitative estimate of drug-likeness (QED) is 0.229. The summed E-state index contributed by atoms with van der Waals surface area (Å²) in [6, 6.07) is 32.3. The Labute approximate surface area is 231 Å². The molecule has 0 atom stereocenters. The summed E-state index contributed by atoms with van der Waals surface area (Å²) in [5, 5.41) is 17.8. The first-order chi connectivity index (χ1) is 18.7. The Bertz CT molecular complexity index is 2040. The Balaban J connectivity index is 1.49. The first-order valence-electron chi connectivity index (χ1n) is 13.3. The Morgan fingerprint density at radius 2 is 1.44 bits per heavy atom. The summed E-state index contributed by atoms with van der Waals surface area (Å²) in [6.45, 7) is 7.47. The fourth-order valence-electron chi connectivity index (χ4n) is 5.37. The van der Waals surface area contributed by atoms with E-state index in [1.165, 1.54) is 25.6 Å². The van der Waals surface area contributed by atoms with Gasteiger partial charge in [0.25, 0.3) is 0 Å². The number of fused-ring (bicyclic) bond motifs is 7. The van der Waals surface area contributed by atoms with E-state index in [9.17, 15) is 5.11 Å². The highest BCUT2D eigenvalue weighted by Gasteiger charge is 2.36. The summed E-state index contributed by atoms with van der Waals surface area (Å²) in [5.41, 5.74) is 3.26. The molecule has 2 aromatic heterocycles. The molecule has 39 heavy (non-hydrogen) atoms. The van der Waals surface area contributed by atoms with Crippen LogP contribution in [0.2, 0.25) is 0 Å². The van der Waals surface area contributed by atoms with Crippen LogP contribution in [0.3, 0.4) is 0 Å². The van der Waals surface area contributed by atoms with Crippen LogP contribution in [0.4, 0.5) is 0 Å². The molecule has 0 saturated carbocycles. The van der Waals surface area contributed by atoms with E-state index in [0.717, 1.165) is 43.9 Å². The molecule has 5 heteroatoms. The molecule has 7 rings (SSSR count). The topological polar surface area (TPSA) is 42.6 Å². The van der Waals surface area contributed by atoms with Crippen molar-refractivity contribution in [3.05, 3.63) is 91.0 Å². The van der Waals surface area contributed by atoms with Crippen LogP contribution in [0.1, 0.15) is 27.7 Å². The second-order valence-corrected chi connectivity index (χ2v) is 12.5. The average Bonchev–Trinajstić information content (AvgIpc) is 3.47. The fraction of sp³-hybridized carbons (Fsp3) is 0.176. The molecular weight excluding hydrogens is 499 g/mol. The van der Waals surface area contributed by atoms with Gasteiger partial charge >= 0.3 is 7.48 Å². The maximum Gasteiger partial charge on any atom is 0.310 e. The summed E-state index contributed by atoms with van der Waals surface area (Å²) in [4.78, 5) is 0. The van der Waals surface area contributed by atoms with Gasteiger partial charge in [-0.15, -0.1) is 11.3 Å². The maximum atomic E-state index is 10.8. The molecule has 0 saturated heterocycles. The maximum absolute atomic E-state index is 10.8. The van der Waals surface area contributed by atoms with Crippen LogP contribution in [0.25, 0.3) is 64.0 Å². The smallest absolute Gasteiger partial charge is 0.310 e. The Morgan fingerprint density at radius 1 is 0.718 bits per heavy atom. The van der Waals surface area contributed by atoms with Gasteiger partial charge in [0.1, 0.15) is 11.2 Å². The number of furan rings is 1. The van der Waals surface area contributed by atoms with E-state index in [0.29, 0.717) is 7.48 Å². The zero-order valence-corrected chi connectivity index (χ0v) is 23.4. The van der Waals surface area contributed by atoms with Crippen LogP contribution in [-0.4, -0.2) is 23.8 Å². The number of hydrogen-bond donors (Lipinski definition) is 1. The highest BCUT2D eigenvalue weighted by Crippen LogP contribution is 2.38. The van der Waals surface area contributed by atoms with E-state index in [-0.39, 0.29) is 0 Å². The lowest BCUT2D eigenvalue weighted by atomic mass is 9.76. The van der Waals surface area contributed by atoms with Crippen molar-refractivity contribution in [2.45, 2.75) is 38.9 Å². The third kappa shape index (κ3) is 3.96. The third-order valence-corrected chi connectivity index (χ3v) is 9.50. The minimum absolute atomic E-state index is 0.341. The van der Waals surface area contributed by atoms with Gasteiger partial charge < -0.3 is 14.2 Å². The standard InChI is InChI=1S/C34H29BO3S/c1-33(2,36)34(3,4)38-35-32-23(22-13-16-30-25(18-22)24-11-7-8-12-29(24)39-30)14-15-27-31(32)26-17-20-9-5-6-10-21(20)19-28(26)37-27/h5-19,35-36H,1-4H3. The van der Waals surface area contributed by atoms with Crippen LogP contribution >= 0.6 is 11.3 Å². The predicted octanol–water partition coefficient (Wildman–Crippen LogP) is 8.32. The molecule has 192 valence electrons. The molecule has 5 aromatic carbocycles. The number of aliphatic hydroxyl groups is 1. The number of benzene rings is 5. The minimum Gasteiger partial charge on any atom is -0.456 e. The monoisotopic (exact) mass is 528 g/mol. The van der Waals surface area contributed by atoms with Gasteiger partial charge in [-0.2, -0.15) is 0 Å².